The predicted octanol–water partition coefficient (Wildman–Crippen LogP) is 5.07. The lowest BCUT2D eigenvalue weighted by molar-refractivity contribution is 0.757. The van der Waals surface area contributed by atoms with E-state index >= 15 is 0 Å². The first kappa shape index (κ1) is 17.9. The molecule has 0 atom stereocenters. The van der Waals surface area contributed by atoms with E-state index in [0.29, 0.717) is 0 Å². The van der Waals surface area contributed by atoms with Gasteiger partial charge in [0.2, 0.25) is 0 Å². The molecule has 110 valence electrons. The smallest absolute Gasteiger partial charge is 0.0939 e. The molecule has 0 saturated heterocycles. The summed E-state index contributed by atoms with van der Waals surface area (Å²) in [6.07, 6.45) is 6.55. The fourth-order valence-corrected chi connectivity index (χ4v) is 2.17. The highest BCUT2D eigenvalue weighted by Gasteiger charge is 2.14. The van der Waals surface area contributed by atoms with Crippen molar-refractivity contribution >= 4 is 26.1 Å². The van der Waals surface area contributed by atoms with Crippen LogP contribution in [0, 0.1) is 0 Å². The van der Waals surface area contributed by atoms with E-state index in [-0.39, 0.29) is 10.6 Å². The molecule has 0 aliphatic heterocycles. The summed E-state index contributed by atoms with van der Waals surface area (Å²) in [4.78, 5) is 0. The minimum Gasteiger partial charge on any atom is -0.0939 e. The summed E-state index contributed by atoms with van der Waals surface area (Å²) in [6, 6.07) is 8.69. The number of hydrogen-bond donors (Lipinski definition) is 0. The summed E-state index contributed by atoms with van der Waals surface area (Å²) in [7, 11) is 4.61. The molecule has 2 radical (unpaired) electrons. The van der Waals surface area contributed by atoms with Crippen LogP contribution in [0.1, 0.15) is 54.0 Å². The van der Waals surface area contributed by atoms with Crippen molar-refractivity contribution in [3.05, 3.63) is 47.5 Å². The summed E-state index contributed by atoms with van der Waals surface area (Å²) in [5, 5.41) is 0.408. The highest BCUT2D eigenvalue weighted by molar-refractivity contribution is 6.56. The van der Waals surface area contributed by atoms with Crippen LogP contribution < -0.4 is 5.46 Å². The van der Waals surface area contributed by atoms with E-state index in [1.807, 2.05) is 0 Å². The highest BCUT2D eigenvalue weighted by atomic mass is 14.0. The van der Waals surface area contributed by atoms with Crippen LogP contribution in [0.4, 0.5) is 0 Å². The van der Waals surface area contributed by atoms with Crippen molar-refractivity contribution in [2.75, 3.05) is 0 Å². The summed E-state index contributed by atoms with van der Waals surface area (Å²) >= 11 is 0. The fourth-order valence-electron chi connectivity index (χ4n) is 2.17. The Labute approximate surface area is 133 Å². The molecule has 0 saturated carbocycles. The van der Waals surface area contributed by atoms with Gasteiger partial charge >= 0.3 is 0 Å². The van der Waals surface area contributed by atoms with E-state index in [4.69, 9.17) is 0 Å². The van der Waals surface area contributed by atoms with Crippen LogP contribution in [0.2, 0.25) is 10.6 Å². The molecular weight excluding hydrogens is 250 g/mol. The Morgan fingerprint density at radius 1 is 1.00 bits per heavy atom. The highest BCUT2D eigenvalue weighted by Crippen LogP contribution is 2.24. The van der Waals surface area contributed by atoms with Crippen LogP contribution in [0.25, 0.3) is 6.08 Å². The molecule has 0 bridgehead atoms. The van der Waals surface area contributed by atoms with Crippen LogP contribution >= 0.6 is 0 Å². The maximum absolute atomic E-state index is 2.31. The average Bonchev–Trinajstić information content (AvgIpc) is 2.31. The van der Waals surface area contributed by atoms with Crippen LogP contribution in [-0.4, -0.2) is 14.6 Å². The predicted molar refractivity (Wildman–Crippen MR) is 99.8 cm³/mol. The lowest BCUT2D eigenvalue weighted by atomic mass is 9.50. The topological polar surface area (TPSA) is 0 Å². The van der Waals surface area contributed by atoms with Crippen molar-refractivity contribution in [1.29, 1.82) is 0 Å². The molecule has 0 spiro atoms. The molecule has 0 N–H and O–H groups in total. The van der Waals surface area contributed by atoms with Crippen molar-refractivity contribution < 1.29 is 0 Å². The van der Waals surface area contributed by atoms with Gasteiger partial charge in [-0.05, 0) is 12.5 Å². The molecule has 21 heavy (non-hydrogen) atoms. The molecule has 0 nitrogen and oxygen atoms in total. The van der Waals surface area contributed by atoms with Gasteiger partial charge in [0.05, 0.1) is 0 Å². The lowest BCUT2D eigenvalue weighted by Gasteiger charge is -2.17. The summed E-state index contributed by atoms with van der Waals surface area (Å²) in [5.74, 6) is 0. The maximum Gasteiger partial charge on any atom is 0.157 e. The molecule has 0 aromatic heterocycles. The van der Waals surface area contributed by atoms with Crippen LogP contribution in [0.5, 0.6) is 0 Å². The van der Waals surface area contributed by atoms with E-state index in [2.05, 4.69) is 106 Å². The van der Waals surface area contributed by atoms with E-state index in [1.54, 1.807) is 0 Å². The standard InChI is InChI=1S/C19H28B2/c1-8-16(20-18(2,3)4)13-12-15-10-9-11-17(14-15)21-19(5,6)7/h8-14H,1-7H3/b13-12-,16-8+. The summed E-state index contributed by atoms with van der Waals surface area (Å²) in [6.45, 7) is 15.4. The first-order chi connectivity index (χ1) is 9.59. The van der Waals surface area contributed by atoms with Gasteiger partial charge in [0, 0.05) is 0 Å². The molecule has 0 heterocycles. The zero-order chi connectivity index (χ0) is 16.1. The molecule has 2 heteroatoms. The van der Waals surface area contributed by atoms with E-state index in [9.17, 15) is 0 Å². The Bertz CT molecular complexity index is 511. The SMILES string of the molecule is C/C=C([B]C(C)(C)C)\C=C/c1cccc([B]C(C)(C)C)c1. The molecule has 0 fully saturated rings. The first-order valence-electron chi connectivity index (χ1n) is 7.75. The minimum atomic E-state index is 0.202. The second-order valence-corrected chi connectivity index (χ2v) is 7.81. The Hall–Kier alpha value is -1.17. The van der Waals surface area contributed by atoms with Gasteiger partial charge in [0.15, 0.2) is 14.6 Å². The van der Waals surface area contributed by atoms with Crippen molar-refractivity contribution in [3.63, 3.8) is 0 Å². The third-order valence-electron chi connectivity index (χ3n) is 2.91. The van der Waals surface area contributed by atoms with Gasteiger partial charge in [-0.15, -0.1) is 0 Å². The van der Waals surface area contributed by atoms with Gasteiger partial charge in [-0.1, -0.05) is 106 Å². The van der Waals surface area contributed by atoms with E-state index in [1.165, 1.54) is 16.5 Å². The van der Waals surface area contributed by atoms with Crippen molar-refractivity contribution in [2.24, 2.45) is 0 Å². The quantitative estimate of drug-likeness (QED) is 0.532. The lowest BCUT2D eigenvalue weighted by Crippen LogP contribution is -2.23. The third kappa shape index (κ3) is 7.99. The molecule has 1 aromatic rings. The van der Waals surface area contributed by atoms with Gasteiger partial charge in [-0.25, -0.2) is 0 Å². The Morgan fingerprint density at radius 2 is 1.67 bits per heavy atom. The normalized spacial score (nSPS) is 13.6. The Kier molecular flexibility index (Phi) is 6.13. The van der Waals surface area contributed by atoms with Crippen molar-refractivity contribution in [1.82, 2.24) is 0 Å². The van der Waals surface area contributed by atoms with Gasteiger partial charge in [0.25, 0.3) is 0 Å². The Morgan fingerprint density at radius 3 is 2.19 bits per heavy atom. The molecule has 0 aliphatic carbocycles. The zero-order valence-electron chi connectivity index (χ0n) is 14.7. The second kappa shape index (κ2) is 7.20. The average molecular weight is 278 g/mol. The first-order valence-corrected chi connectivity index (χ1v) is 7.75. The third-order valence-corrected chi connectivity index (χ3v) is 2.91. The van der Waals surface area contributed by atoms with Gasteiger partial charge in [-0.3, -0.25) is 0 Å². The Balaban J connectivity index is 2.83. The molecule has 0 unspecified atom stereocenters. The monoisotopic (exact) mass is 278 g/mol. The van der Waals surface area contributed by atoms with E-state index in [0.717, 1.165) is 0 Å². The van der Waals surface area contributed by atoms with Gasteiger partial charge in [-0.2, -0.15) is 0 Å². The maximum atomic E-state index is 2.31. The van der Waals surface area contributed by atoms with Crippen LogP contribution in [0.3, 0.4) is 0 Å². The number of rotatable bonds is 4. The van der Waals surface area contributed by atoms with Crippen LogP contribution in [0.15, 0.2) is 41.9 Å². The van der Waals surface area contributed by atoms with Gasteiger partial charge < -0.3 is 0 Å². The number of hydrogen-bond acceptors (Lipinski definition) is 0. The molecule has 0 aliphatic rings. The number of benzene rings is 1. The fraction of sp³-hybridized carbons (Fsp3) is 0.474. The minimum absolute atomic E-state index is 0.202. The summed E-state index contributed by atoms with van der Waals surface area (Å²) in [5.41, 5.74) is 3.80. The molecule has 1 aromatic carbocycles. The zero-order valence-corrected chi connectivity index (χ0v) is 14.7. The van der Waals surface area contributed by atoms with Gasteiger partial charge in [0.1, 0.15) is 0 Å². The second-order valence-electron chi connectivity index (χ2n) is 7.81. The molecular formula is C19H28B2. The summed E-state index contributed by atoms with van der Waals surface area (Å²) < 4.78 is 0. The molecule has 0 amide bonds. The largest absolute Gasteiger partial charge is 0.157 e. The van der Waals surface area contributed by atoms with E-state index < -0.39 is 0 Å². The van der Waals surface area contributed by atoms with Crippen molar-refractivity contribution in [2.45, 2.75) is 59.1 Å². The van der Waals surface area contributed by atoms with Crippen molar-refractivity contribution in [3.8, 4) is 0 Å². The molecule has 1 rings (SSSR count). The number of allylic oxidation sites excluding steroid dienone is 3. The van der Waals surface area contributed by atoms with Crippen LogP contribution in [-0.2, 0) is 0 Å².